The fourth-order valence-electron chi connectivity index (χ4n) is 3.46. The van der Waals surface area contributed by atoms with Crippen molar-refractivity contribution in [1.82, 2.24) is 4.90 Å². The van der Waals surface area contributed by atoms with Crippen molar-refractivity contribution in [2.45, 2.75) is 51.0 Å². The zero-order valence-corrected chi connectivity index (χ0v) is 11.7. The Morgan fingerprint density at radius 3 is 2.84 bits per heavy atom. The Morgan fingerprint density at radius 1 is 1.32 bits per heavy atom. The van der Waals surface area contributed by atoms with E-state index in [1.165, 1.54) is 5.56 Å². The molecule has 0 amide bonds. The quantitative estimate of drug-likeness (QED) is 0.885. The molecule has 1 N–H and O–H groups in total. The molecule has 0 aromatic heterocycles. The lowest BCUT2D eigenvalue weighted by molar-refractivity contribution is -0.101. The Hall–Kier alpha value is -0.900. The molecular formula is C16H23NO2. The molecular weight excluding hydrogens is 238 g/mol. The summed E-state index contributed by atoms with van der Waals surface area (Å²) in [5, 5.41) is 10.6. The van der Waals surface area contributed by atoms with Crippen molar-refractivity contribution in [3.05, 3.63) is 35.4 Å². The van der Waals surface area contributed by atoms with Gasteiger partial charge in [0.15, 0.2) is 0 Å². The number of rotatable bonds is 2. The number of benzene rings is 1. The average molecular weight is 261 g/mol. The number of nitrogens with zero attached hydrogens (tertiary/aromatic N) is 1. The normalized spacial score (nSPS) is 35.3. The average Bonchev–Trinajstić information content (AvgIpc) is 2.76. The van der Waals surface area contributed by atoms with Crippen LogP contribution in [0.4, 0.5) is 0 Å². The van der Waals surface area contributed by atoms with Crippen molar-refractivity contribution < 1.29 is 9.84 Å². The summed E-state index contributed by atoms with van der Waals surface area (Å²) in [6.45, 7) is 6.16. The van der Waals surface area contributed by atoms with Gasteiger partial charge in [0.2, 0.25) is 0 Å². The van der Waals surface area contributed by atoms with Crippen LogP contribution in [0, 0.1) is 0 Å². The summed E-state index contributed by atoms with van der Waals surface area (Å²) in [5.41, 5.74) is 2.41. The minimum atomic E-state index is -0.348. The van der Waals surface area contributed by atoms with E-state index >= 15 is 0 Å². The second kappa shape index (κ2) is 5.23. The number of hydrogen-bond acceptors (Lipinski definition) is 3. The van der Waals surface area contributed by atoms with E-state index in [9.17, 15) is 5.11 Å². The molecule has 1 aromatic rings. The second-order valence-corrected chi connectivity index (χ2v) is 5.85. The number of morpholine rings is 1. The van der Waals surface area contributed by atoms with Gasteiger partial charge < -0.3 is 9.84 Å². The summed E-state index contributed by atoms with van der Waals surface area (Å²) in [6.07, 6.45) is 2.21. The Kier molecular flexibility index (Phi) is 3.61. The molecule has 4 atom stereocenters. The minimum absolute atomic E-state index is 0.220. The first-order valence-corrected chi connectivity index (χ1v) is 7.34. The molecule has 3 nitrogen and oxygen atoms in total. The van der Waals surface area contributed by atoms with Crippen LogP contribution in [-0.2, 0) is 11.2 Å². The second-order valence-electron chi connectivity index (χ2n) is 5.85. The number of fused-ring (bicyclic) bond motifs is 1. The van der Waals surface area contributed by atoms with Crippen LogP contribution >= 0.6 is 0 Å². The summed E-state index contributed by atoms with van der Waals surface area (Å²) in [7, 11) is 0. The molecule has 0 bridgehead atoms. The minimum Gasteiger partial charge on any atom is -0.387 e. The van der Waals surface area contributed by atoms with E-state index in [-0.39, 0.29) is 18.2 Å². The third-order valence-corrected chi connectivity index (χ3v) is 4.45. The first kappa shape index (κ1) is 13.1. The summed E-state index contributed by atoms with van der Waals surface area (Å²) in [6, 6.07) is 8.49. The van der Waals surface area contributed by atoms with E-state index in [2.05, 4.69) is 36.9 Å². The highest BCUT2D eigenvalue weighted by Crippen LogP contribution is 2.35. The topological polar surface area (TPSA) is 32.7 Å². The highest BCUT2D eigenvalue weighted by molar-refractivity contribution is 5.36. The highest BCUT2D eigenvalue weighted by atomic mass is 16.5. The molecule has 1 fully saturated rings. The van der Waals surface area contributed by atoms with Crippen LogP contribution in [0.1, 0.15) is 37.5 Å². The van der Waals surface area contributed by atoms with E-state index in [0.717, 1.165) is 31.5 Å². The van der Waals surface area contributed by atoms with Crippen LogP contribution in [0.15, 0.2) is 24.3 Å². The van der Waals surface area contributed by atoms with Gasteiger partial charge in [-0.1, -0.05) is 31.2 Å². The fourth-order valence-corrected chi connectivity index (χ4v) is 3.46. The van der Waals surface area contributed by atoms with E-state index in [1.807, 2.05) is 6.07 Å². The largest absolute Gasteiger partial charge is 0.387 e. The van der Waals surface area contributed by atoms with Gasteiger partial charge in [0, 0.05) is 19.1 Å². The Balaban J connectivity index is 1.77. The van der Waals surface area contributed by atoms with Gasteiger partial charge in [-0.25, -0.2) is 0 Å². The molecule has 2 aliphatic rings. The maximum atomic E-state index is 10.6. The number of aliphatic hydroxyl groups is 1. The van der Waals surface area contributed by atoms with Crippen molar-refractivity contribution >= 4 is 0 Å². The van der Waals surface area contributed by atoms with Crippen LogP contribution in [0.25, 0.3) is 0 Å². The fraction of sp³-hybridized carbons (Fsp3) is 0.625. The third kappa shape index (κ3) is 2.42. The molecule has 4 unspecified atom stereocenters. The van der Waals surface area contributed by atoms with Gasteiger partial charge in [-0.3, -0.25) is 4.90 Å². The maximum absolute atomic E-state index is 10.6. The van der Waals surface area contributed by atoms with Gasteiger partial charge in [-0.2, -0.15) is 0 Å². The zero-order valence-electron chi connectivity index (χ0n) is 11.7. The zero-order chi connectivity index (χ0) is 13.4. The van der Waals surface area contributed by atoms with Crippen LogP contribution in [0.3, 0.4) is 0 Å². The Labute approximate surface area is 115 Å². The standard InChI is InChI=1S/C16H23NO2/c1-3-13-10-17(9-11(2)19-13)15-8-12-6-4-5-7-14(12)16(15)18/h4-7,11,13,15-16,18H,3,8-10H2,1-2H3. The van der Waals surface area contributed by atoms with Crippen LogP contribution < -0.4 is 0 Å². The Morgan fingerprint density at radius 2 is 2.11 bits per heavy atom. The van der Waals surface area contributed by atoms with Crippen LogP contribution in [0.5, 0.6) is 0 Å². The highest BCUT2D eigenvalue weighted by Gasteiger charge is 2.38. The molecule has 0 spiro atoms. The van der Waals surface area contributed by atoms with E-state index < -0.39 is 0 Å². The molecule has 1 heterocycles. The SMILES string of the molecule is CCC1CN(C2Cc3ccccc3C2O)CC(C)O1. The van der Waals surface area contributed by atoms with E-state index in [4.69, 9.17) is 4.74 Å². The summed E-state index contributed by atoms with van der Waals surface area (Å²) >= 11 is 0. The summed E-state index contributed by atoms with van der Waals surface area (Å²) in [4.78, 5) is 2.42. The maximum Gasteiger partial charge on any atom is 0.0951 e. The lowest BCUT2D eigenvalue weighted by Gasteiger charge is -2.40. The molecule has 19 heavy (non-hydrogen) atoms. The van der Waals surface area contributed by atoms with Crippen molar-refractivity contribution in [1.29, 1.82) is 0 Å². The monoisotopic (exact) mass is 261 g/mol. The molecule has 1 aliphatic heterocycles. The molecule has 3 heteroatoms. The predicted octanol–water partition coefficient (Wildman–Crippen LogP) is 2.14. The molecule has 104 valence electrons. The van der Waals surface area contributed by atoms with Crippen molar-refractivity contribution in [2.24, 2.45) is 0 Å². The molecule has 3 rings (SSSR count). The smallest absolute Gasteiger partial charge is 0.0951 e. The van der Waals surface area contributed by atoms with Gasteiger partial charge in [0.1, 0.15) is 0 Å². The van der Waals surface area contributed by atoms with Gasteiger partial charge in [-0.05, 0) is 30.9 Å². The first-order valence-electron chi connectivity index (χ1n) is 7.34. The molecule has 0 saturated carbocycles. The molecule has 1 aromatic carbocycles. The predicted molar refractivity (Wildman–Crippen MR) is 75.1 cm³/mol. The third-order valence-electron chi connectivity index (χ3n) is 4.45. The van der Waals surface area contributed by atoms with E-state index in [1.54, 1.807) is 0 Å². The number of aliphatic hydroxyl groups excluding tert-OH is 1. The summed E-state index contributed by atoms with van der Waals surface area (Å²) < 4.78 is 5.91. The van der Waals surface area contributed by atoms with Crippen molar-refractivity contribution in [3.63, 3.8) is 0 Å². The summed E-state index contributed by atoms with van der Waals surface area (Å²) in [5.74, 6) is 0. The van der Waals surface area contributed by atoms with Crippen LogP contribution in [0.2, 0.25) is 0 Å². The lowest BCUT2D eigenvalue weighted by atomic mass is 10.1. The van der Waals surface area contributed by atoms with Gasteiger partial charge in [0.05, 0.1) is 18.3 Å². The molecule has 0 radical (unpaired) electrons. The van der Waals surface area contributed by atoms with Gasteiger partial charge >= 0.3 is 0 Å². The van der Waals surface area contributed by atoms with Crippen LogP contribution in [-0.4, -0.2) is 41.3 Å². The van der Waals surface area contributed by atoms with Crippen molar-refractivity contribution in [2.75, 3.05) is 13.1 Å². The van der Waals surface area contributed by atoms with E-state index in [0.29, 0.717) is 6.10 Å². The first-order chi connectivity index (χ1) is 9.19. The number of ether oxygens (including phenoxy) is 1. The molecule has 1 aliphatic carbocycles. The molecule has 1 saturated heterocycles. The van der Waals surface area contributed by atoms with Gasteiger partial charge in [0.25, 0.3) is 0 Å². The lowest BCUT2D eigenvalue weighted by Crippen LogP contribution is -2.52. The van der Waals surface area contributed by atoms with Gasteiger partial charge in [-0.15, -0.1) is 0 Å². The number of hydrogen-bond donors (Lipinski definition) is 1. The van der Waals surface area contributed by atoms with Crippen molar-refractivity contribution in [3.8, 4) is 0 Å². The Bertz CT molecular complexity index is 448.